The van der Waals surface area contributed by atoms with E-state index in [2.05, 4.69) is 15.4 Å². The average molecular weight is 584 g/mol. The summed E-state index contributed by atoms with van der Waals surface area (Å²) in [5.74, 6) is 0. The third-order valence-electron chi connectivity index (χ3n) is 6.80. The van der Waals surface area contributed by atoms with Crippen LogP contribution in [-0.2, 0) is 4.74 Å². The smallest absolute Gasteiger partial charge is 0.410 e. The first-order chi connectivity index (χ1) is 19.8. The van der Waals surface area contributed by atoms with Crippen LogP contribution in [0.15, 0.2) is 61.2 Å². The number of halogens is 3. The SMILES string of the molecule is CC(C)(C)OC(=O)N1CCC(n2cc(-c3ccn4c(-c5cccc(NC(=O)NCC(F)(F)F)c5)cnc4c3)cn2)CC1. The number of amides is 3. The molecule has 1 saturated heterocycles. The Hall–Kier alpha value is -4.55. The minimum Gasteiger partial charge on any atom is -0.444 e. The Morgan fingerprint density at radius 2 is 1.79 bits per heavy atom. The molecule has 42 heavy (non-hydrogen) atoms. The van der Waals surface area contributed by atoms with Gasteiger partial charge in [-0.1, -0.05) is 12.1 Å². The number of aromatic nitrogens is 4. The molecule has 0 atom stereocenters. The van der Waals surface area contributed by atoms with Gasteiger partial charge in [-0.25, -0.2) is 14.6 Å². The second-order valence-corrected chi connectivity index (χ2v) is 11.2. The molecular weight excluding hydrogens is 551 g/mol. The van der Waals surface area contributed by atoms with E-state index in [9.17, 15) is 22.8 Å². The first-order valence-corrected chi connectivity index (χ1v) is 13.6. The molecule has 10 nitrogen and oxygen atoms in total. The van der Waals surface area contributed by atoms with Crippen molar-refractivity contribution >= 4 is 23.5 Å². The zero-order chi connectivity index (χ0) is 30.1. The highest BCUT2D eigenvalue weighted by molar-refractivity contribution is 5.90. The Kier molecular flexibility index (Phi) is 7.85. The number of carbonyl (C=O) groups is 2. The summed E-state index contributed by atoms with van der Waals surface area (Å²) in [6.45, 7) is 5.36. The second kappa shape index (κ2) is 11.4. The lowest BCUT2D eigenvalue weighted by atomic mass is 10.1. The van der Waals surface area contributed by atoms with E-state index in [0.29, 0.717) is 24.4 Å². The Balaban J connectivity index is 1.25. The largest absolute Gasteiger partial charge is 0.444 e. The highest BCUT2D eigenvalue weighted by Crippen LogP contribution is 2.29. The number of nitrogens with zero attached hydrogens (tertiary/aromatic N) is 5. The predicted molar refractivity (Wildman–Crippen MR) is 151 cm³/mol. The van der Waals surface area contributed by atoms with Crippen molar-refractivity contribution < 1.29 is 27.5 Å². The Morgan fingerprint density at radius 1 is 1.02 bits per heavy atom. The normalized spacial score (nSPS) is 14.7. The molecule has 5 rings (SSSR count). The Bertz CT molecular complexity index is 1580. The van der Waals surface area contributed by atoms with Crippen LogP contribution in [0.1, 0.15) is 39.7 Å². The van der Waals surface area contributed by atoms with Gasteiger partial charge < -0.3 is 20.3 Å². The molecule has 0 spiro atoms. The number of rotatable bonds is 5. The lowest BCUT2D eigenvalue weighted by Crippen LogP contribution is -2.42. The summed E-state index contributed by atoms with van der Waals surface area (Å²) >= 11 is 0. The van der Waals surface area contributed by atoms with Gasteiger partial charge >= 0.3 is 18.3 Å². The first-order valence-electron chi connectivity index (χ1n) is 13.6. The molecule has 1 aromatic carbocycles. The van der Waals surface area contributed by atoms with Crippen LogP contribution in [0.4, 0.5) is 28.4 Å². The van der Waals surface area contributed by atoms with Crippen molar-refractivity contribution in [1.29, 1.82) is 0 Å². The maximum absolute atomic E-state index is 12.4. The highest BCUT2D eigenvalue weighted by atomic mass is 19.4. The fourth-order valence-corrected chi connectivity index (χ4v) is 4.81. The van der Waals surface area contributed by atoms with Crippen molar-refractivity contribution in [1.82, 2.24) is 29.4 Å². The summed E-state index contributed by atoms with van der Waals surface area (Å²) < 4.78 is 46.5. The molecule has 4 aromatic rings. The van der Waals surface area contributed by atoms with Gasteiger partial charge in [0.25, 0.3) is 0 Å². The van der Waals surface area contributed by atoms with Gasteiger partial charge in [0.2, 0.25) is 0 Å². The molecule has 2 N–H and O–H groups in total. The van der Waals surface area contributed by atoms with Gasteiger partial charge in [-0.15, -0.1) is 0 Å². The van der Waals surface area contributed by atoms with E-state index in [1.165, 1.54) is 0 Å². The van der Waals surface area contributed by atoms with Gasteiger partial charge in [-0.2, -0.15) is 18.3 Å². The number of carbonyl (C=O) groups excluding carboxylic acids is 2. The first kappa shape index (κ1) is 29.0. The molecule has 1 aliphatic rings. The van der Waals surface area contributed by atoms with Crippen molar-refractivity contribution in [2.45, 2.75) is 51.4 Å². The van der Waals surface area contributed by atoms with E-state index in [0.717, 1.165) is 35.2 Å². The quantitative estimate of drug-likeness (QED) is 0.295. The zero-order valence-electron chi connectivity index (χ0n) is 23.5. The molecule has 0 saturated carbocycles. The summed E-state index contributed by atoms with van der Waals surface area (Å²) in [4.78, 5) is 30.5. The van der Waals surface area contributed by atoms with Crippen LogP contribution in [0.25, 0.3) is 28.0 Å². The van der Waals surface area contributed by atoms with Crippen molar-refractivity contribution in [3.05, 3.63) is 61.2 Å². The number of piperidine rings is 1. The topological polar surface area (TPSA) is 106 Å². The number of anilines is 1. The monoisotopic (exact) mass is 583 g/mol. The van der Waals surface area contributed by atoms with E-state index in [1.54, 1.807) is 34.6 Å². The van der Waals surface area contributed by atoms with Crippen LogP contribution in [-0.4, -0.2) is 67.6 Å². The molecule has 222 valence electrons. The number of benzene rings is 1. The fourth-order valence-electron chi connectivity index (χ4n) is 4.81. The molecule has 0 aliphatic carbocycles. The summed E-state index contributed by atoms with van der Waals surface area (Å²) in [6.07, 6.45) is 4.18. The summed E-state index contributed by atoms with van der Waals surface area (Å²) in [5.41, 5.74) is 3.88. The van der Waals surface area contributed by atoms with Crippen LogP contribution in [0.2, 0.25) is 0 Å². The van der Waals surface area contributed by atoms with E-state index in [4.69, 9.17) is 4.74 Å². The van der Waals surface area contributed by atoms with Gasteiger partial charge in [0.1, 0.15) is 17.8 Å². The second-order valence-electron chi connectivity index (χ2n) is 11.2. The number of hydrogen-bond acceptors (Lipinski definition) is 5. The molecule has 0 unspecified atom stereocenters. The summed E-state index contributed by atoms with van der Waals surface area (Å²) in [5, 5.41) is 8.81. The minimum absolute atomic E-state index is 0.177. The summed E-state index contributed by atoms with van der Waals surface area (Å²) in [6, 6.07) is 9.93. The maximum atomic E-state index is 12.4. The molecule has 0 bridgehead atoms. The number of pyridine rings is 1. The van der Waals surface area contributed by atoms with Crippen molar-refractivity contribution in [3.8, 4) is 22.4 Å². The number of urea groups is 1. The van der Waals surface area contributed by atoms with E-state index in [1.807, 2.05) is 66.6 Å². The lowest BCUT2D eigenvalue weighted by molar-refractivity contribution is -0.122. The van der Waals surface area contributed by atoms with Gasteiger partial charge in [0, 0.05) is 42.3 Å². The van der Waals surface area contributed by atoms with E-state index >= 15 is 0 Å². The van der Waals surface area contributed by atoms with Crippen molar-refractivity contribution in [2.75, 3.05) is 25.0 Å². The molecule has 1 aliphatic heterocycles. The maximum Gasteiger partial charge on any atom is 0.410 e. The van der Waals surface area contributed by atoms with Crippen LogP contribution in [0.3, 0.4) is 0 Å². The molecule has 4 heterocycles. The van der Waals surface area contributed by atoms with Crippen molar-refractivity contribution in [2.24, 2.45) is 0 Å². The zero-order valence-corrected chi connectivity index (χ0v) is 23.5. The number of ether oxygens (including phenoxy) is 1. The van der Waals surface area contributed by atoms with Gasteiger partial charge in [-0.3, -0.25) is 9.08 Å². The minimum atomic E-state index is -4.49. The number of imidazole rings is 1. The number of alkyl halides is 3. The van der Waals surface area contributed by atoms with Gasteiger partial charge in [0.05, 0.1) is 24.1 Å². The molecule has 13 heteroatoms. The number of likely N-dealkylation sites (tertiary alicyclic amines) is 1. The predicted octanol–water partition coefficient (Wildman–Crippen LogP) is 6.12. The average Bonchev–Trinajstić information content (AvgIpc) is 3.58. The summed E-state index contributed by atoms with van der Waals surface area (Å²) in [7, 11) is 0. The molecule has 3 amide bonds. The van der Waals surface area contributed by atoms with Crippen LogP contribution in [0, 0.1) is 0 Å². The van der Waals surface area contributed by atoms with E-state index in [-0.39, 0.29) is 12.1 Å². The van der Waals surface area contributed by atoms with Crippen LogP contribution in [0.5, 0.6) is 0 Å². The van der Waals surface area contributed by atoms with Gasteiger partial charge in [-0.05, 0) is 63.4 Å². The lowest BCUT2D eigenvalue weighted by Gasteiger charge is -2.33. The molecular formula is C29H32F3N7O3. The van der Waals surface area contributed by atoms with Crippen LogP contribution >= 0.6 is 0 Å². The third kappa shape index (κ3) is 7.01. The Morgan fingerprint density at radius 3 is 2.50 bits per heavy atom. The fraction of sp³-hybridized carbons (Fsp3) is 0.379. The molecule has 0 radical (unpaired) electrons. The standard InChI is InChI=1S/C29H32F3N7O3/c1-28(2,3)42-27(41)37-10-8-23(9-11-37)39-17-21(15-35-39)19-7-12-38-24(16-33-25(38)14-19)20-5-4-6-22(13-20)36-26(40)34-18-29(30,31)32/h4-7,12-17,23H,8-11,18H2,1-3H3,(H2,34,36,40). The Labute approximate surface area is 240 Å². The molecule has 3 aromatic heterocycles. The molecule has 1 fully saturated rings. The number of hydrogen-bond donors (Lipinski definition) is 2. The number of fused-ring (bicyclic) bond motifs is 1. The van der Waals surface area contributed by atoms with E-state index < -0.39 is 24.4 Å². The van der Waals surface area contributed by atoms with Crippen LogP contribution < -0.4 is 10.6 Å². The third-order valence-corrected chi connectivity index (χ3v) is 6.80. The van der Waals surface area contributed by atoms with Gasteiger partial charge in [0.15, 0.2) is 0 Å². The number of nitrogens with one attached hydrogen (secondary N) is 2. The highest BCUT2D eigenvalue weighted by Gasteiger charge is 2.29. The van der Waals surface area contributed by atoms with Crippen molar-refractivity contribution in [3.63, 3.8) is 0 Å².